The molecule has 0 spiro atoms. The lowest BCUT2D eigenvalue weighted by Gasteiger charge is -2.10. The first kappa shape index (κ1) is 12.2. The Bertz CT molecular complexity index is 542. The first-order valence-corrected chi connectivity index (χ1v) is 5.65. The van der Waals surface area contributed by atoms with Crippen LogP contribution in [0.1, 0.15) is 11.5 Å². The molecule has 0 atom stereocenters. The van der Waals surface area contributed by atoms with E-state index in [0.29, 0.717) is 12.2 Å². The normalized spacial score (nSPS) is 10.1. The summed E-state index contributed by atoms with van der Waals surface area (Å²) in [6.07, 6.45) is 1.75. The summed E-state index contributed by atoms with van der Waals surface area (Å²) in [6, 6.07) is 7.42. The molecule has 0 aliphatic carbocycles. The average molecular weight is 244 g/mol. The molecule has 0 amide bonds. The minimum absolute atomic E-state index is 0.611. The third kappa shape index (κ3) is 2.88. The lowest BCUT2D eigenvalue weighted by atomic mass is 10.2. The Balaban J connectivity index is 2.06. The van der Waals surface area contributed by atoms with E-state index in [2.05, 4.69) is 15.3 Å². The molecule has 0 bridgehead atoms. The molecule has 0 aliphatic heterocycles. The van der Waals surface area contributed by atoms with Crippen LogP contribution in [0.3, 0.4) is 0 Å². The molecule has 5 nitrogen and oxygen atoms in total. The molecule has 0 saturated carbocycles. The first-order valence-electron chi connectivity index (χ1n) is 5.65. The number of nitrogens with one attached hydrogen (secondary N) is 1. The zero-order valence-corrected chi connectivity index (χ0v) is 10.5. The molecular weight excluding hydrogens is 228 g/mol. The van der Waals surface area contributed by atoms with E-state index in [1.54, 1.807) is 19.4 Å². The summed E-state index contributed by atoms with van der Waals surface area (Å²) in [4.78, 5) is 8.37. The number of aryl methyl sites for hydroxylation is 1. The molecule has 5 heteroatoms. The maximum atomic E-state index is 5.92. The van der Waals surface area contributed by atoms with Gasteiger partial charge in [-0.2, -0.15) is 0 Å². The summed E-state index contributed by atoms with van der Waals surface area (Å²) < 4.78 is 5.10. The number of hydrogen-bond acceptors (Lipinski definition) is 5. The fourth-order valence-electron chi connectivity index (χ4n) is 1.62. The molecule has 18 heavy (non-hydrogen) atoms. The van der Waals surface area contributed by atoms with E-state index < -0.39 is 0 Å². The first-order chi connectivity index (χ1) is 8.69. The van der Waals surface area contributed by atoms with Gasteiger partial charge in [0.25, 0.3) is 0 Å². The van der Waals surface area contributed by atoms with Gasteiger partial charge in [0.15, 0.2) is 0 Å². The molecule has 1 aromatic carbocycles. The van der Waals surface area contributed by atoms with Crippen molar-refractivity contribution in [2.45, 2.75) is 13.5 Å². The van der Waals surface area contributed by atoms with Crippen molar-refractivity contribution in [1.29, 1.82) is 0 Å². The third-order valence-corrected chi connectivity index (χ3v) is 2.55. The molecule has 1 aromatic heterocycles. The zero-order chi connectivity index (χ0) is 13.0. The summed E-state index contributed by atoms with van der Waals surface area (Å²) in [5, 5.41) is 3.24. The monoisotopic (exact) mass is 244 g/mol. The highest BCUT2D eigenvalue weighted by Gasteiger charge is 2.02. The van der Waals surface area contributed by atoms with Crippen LogP contribution in [0.25, 0.3) is 0 Å². The molecule has 0 aliphatic rings. The average Bonchev–Trinajstić information content (AvgIpc) is 2.37. The second-order valence-corrected chi connectivity index (χ2v) is 3.90. The van der Waals surface area contributed by atoms with Crippen molar-refractivity contribution in [2.24, 2.45) is 0 Å². The molecule has 0 fully saturated rings. The molecule has 2 rings (SSSR count). The minimum Gasteiger partial charge on any atom is -0.497 e. The summed E-state index contributed by atoms with van der Waals surface area (Å²) in [5.41, 5.74) is 8.36. The van der Waals surface area contributed by atoms with Crippen LogP contribution >= 0.6 is 0 Å². The Kier molecular flexibility index (Phi) is 3.62. The number of aromatic nitrogens is 2. The van der Waals surface area contributed by atoms with Gasteiger partial charge in [0.1, 0.15) is 11.6 Å². The molecule has 94 valence electrons. The molecule has 2 aromatic rings. The lowest BCUT2D eigenvalue weighted by molar-refractivity contribution is 0.415. The van der Waals surface area contributed by atoms with E-state index in [1.807, 2.05) is 25.1 Å². The topological polar surface area (TPSA) is 73.1 Å². The maximum absolute atomic E-state index is 5.92. The largest absolute Gasteiger partial charge is 0.497 e. The SMILES string of the molecule is COc1ccc(NCc2ccnc(C)n2)c(N)c1. The number of hydrogen-bond donors (Lipinski definition) is 2. The van der Waals surface area contributed by atoms with Gasteiger partial charge >= 0.3 is 0 Å². The van der Waals surface area contributed by atoms with E-state index in [1.165, 1.54) is 0 Å². The number of anilines is 2. The Hall–Kier alpha value is -2.30. The zero-order valence-electron chi connectivity index (χ0n) is 10.5. The van der Waals surface area contributed by atoms with Gasteiger partial charge in [0.05, 0.1) is 30.7 Å². The van der Waals surface area contributed by atoms with Crippen LogP contribution in [-0.2, 0) is 6.54 Å². The van der Waals surface area contributed by atoms with Gasteiger partial charge in [-0.3, -0.25) is 0 Å². The van der Waals surface area contributed by atoms with Gasteiger partial charge in [0.2, 0.25) is 0 Å². The Morgan fingerprint density at radius 2 is 2.17 bits per heavy atom. The number of nitrogen functional groups attached to an aromatic ring is 1. The third-order valence-electron chi connectivity index (χ3n) is 2.55. The highest BCUT2D eigenvalue weighted by Crippen LogP contribution is 2.24. The van der Waals surface area contributed by atoms with E-state index in [9.17, 15) is 0 Å². The van der Waals surface area contributed by atoms with Crippen LogP contribution in [0, 0.1) is 6.92 Å². The second kappa shape index (κ2) is 5.35. The predicted octanol–water partition coefficient (Wildman–Crippen LogP) is 1.99. The molecule has 0 saturated heterocycles. The van der Waals surface area contributed by atoms with Crippen molar-refractivity contribution in [2.75, 3.05) is 18.2 Å². The van der Waals surface area contributed by atoms with Crippen molar-refractivity contribution in [3.63, 3.8) is 0 Å². The number of ether oxygens (including phenoxy) is 1. The van der Waals surface area contributed by atoms with Gasteiger partial charge in [-0.1, -0.05) is 0 Å². The van der Waals surface area contributed by atoms with Crippen molar-refractivity contribution in [3.8, 4) is 5.75 Å². The van der Waals surface area contributed by atoms with Gasteiger partial charge in [-0.15, -0.1) is 0 Å². The van der Waals surface area contributed by atoms with Crippen LogP contribution < -0.4 is 15.8 Å². The Labute approximate surface area is 106 Å². The fourth-order valence-corrected chi connectivity index (χ4v) is 1.62. The van der Waals surface area contributed by atoms with E-state index >= 15 is 0 Å². The van der Waals surface area contributed by atoms with Crippen LogP contribution in [0.4, 0.5) is 11.4 Å². The molecule has 0 unspecified atom stereocenters. The van der Waals surface area contributed by atoms with Crippen molar-refractivity contribution >= 4 is 11.4 Å². The summed E-state index contributed by atoms with van der Waals surface area (Å²) in [7, 11) is 1.62. The summed E-state index contributed by atoms with van der Waals surface area (Å²) in [6.45, 7) is 2.48. The van der Waals surface area contributed by atoms with E-state index in [0.717, 1.165) is 23.0 Å². The van der Waals surface area contributed by atoms with E-state index in [4.69, 9.17) is 10.5 Å². The van der Waals surface area contributed by atoms with Gasteiger partial charge in [-0.05, 0) is 25.1 Å². The minimum atomic E-state index is 0.611. The molecule has 3 N–H and O–H groups in total. The van der Waals surface area contributed by atoms with Gasteiger partial charge < -0.3 is 15.8 Å². The summed E-state index contributed by atoms with van der Waals surface area (Å²) >= 11 is 0. The van der Waals surface area contributed by atoms with Crippen LogP contribution in [0.5, 0.6) is 5.75 Å². The maximum Gasteiger partial charge on any atom is 0.125 e. The quantitative estimate of drug-likeness (QED) is 0.805. The number of benzene rings is 1. The molecule has 1 heterocycles. The lowest BCUT2D eigenvalue weighted by Crippen LogP contribution is -2.05. The number of rotatable bonds is 4. The summed E-state index contributed by atoms with van der Waals surface area (Å²) in [5.74, 6) is 1.51. The van der Waals surface area contributed by atoms with Crippen LogP contribution in [-0.4, -0.2) is 17.1 Å². The van der Waals surface area contributed by atoms with Crippen LogP contribution in [0.2, 0.25) is 0 Å². The standard InChI is InChI=1S/C13H16N4O/c1-9-15-6-5-10(17-9)8-16-13-4-3-11(18-2)7-12(13)14/h3-7,16H,8,14H2,1-2H3. The fraction of sp³-hybridized carbons (Fsp3) is 0.231. The second-order valence-electron chi connectivity index (χ2n) is 3.90. The van der Waals surface area contributed by atoms with Crippen molar-refractivity contribution in [1.82, 2.24) is 9.97 Å². The highest BCUT2D eigenvalue weighted by molar-refractivity contribution is 5.68. The highest BCUT2D eigenvalue weighted by atomic mass is 16.5. The smallest absolute Gasteiger partial charge is 0.125 e. The van der Waals surface area contributed by atoms with Gasteiger partial charge in [-0.25, -0.2) is 9.97 Å². The predicted molar refractivity (Wildman–Crippen MR) is 71.5 cm³/mol. The van der Waals surface area contributed by atoms with Gasteiger partial charge in [0, 0.05) is 12.3 Å². The molecule has 0 radical (unpaired) electrons. The Morgan fingerprint density at radius 1 is 1.33 bits per heavy atom. The number of methoxy groups -OCH3 is 1. The van der Waals surface area contributed by atoms with Crippen molar-refractivity contribution in [3.05, 3.63) is 42.0 Å². The van der Waals surface area contributed by atoms with Crippen molar-refractivity contribution < 1.29 is 4.74 Å². The number of nitrogens with two attached hydrogens (primary N) is 1. The number of nitrogens with zero attached hydrogens (tertiary/aromatic N) is 2. The van der Waals surface area contributed by atoms with Crippen LogP contribution in [0.15, 0.2) is 30.5 Å². The molecular formula is C13H16N4O. The van der Waals surface area contributed by atoms with E-state index in [-0.39, 0.29) is 0 Å². The Morgan fingerprint density at radius 3 is 2.83 bits per heavy atom.